The SMILES string of the molecule is CC(C)C(=O)Nc1cc(-c2ccccc2)ccc1CC(C(=O)O)C(=O)O. The molecular weight excluding hydrogens is 334 g/mol. The second-order valence-electron chi connectivity index (χ2n) is 6.32. The molecule has 0 atom stereocenters. The summed E-state index contributed by atoms with van der Waals surface area (Å²) in [5.41, 5.74) is 2.67. The lowest BCUT2D eigenvalue weighted by molar-refractivity contribution is -0.154. The molecule has 0 bridgehead atoms. The number of hydrogen-bond acceptors (Lipinski definition) is 3. The Morgan fingerprint density at radius 1 is 0.923 bits per heavy atom. The lowest BCUT2D eigenvalue weighted by atomic mass is 9.95. The van der Waals surface area contributed by atoms with Gasteiger partial charge in [0.15, 0.2) is 5.92 Å². The Labute approximate surface area is 151 Å². The van der Waals surface area contributed by atoms with E-state index >= 15 is 0 Å². The van der Waals surface area contributed by atoms with Gasteiger partial charge in [-0.1, -0.05) is 56.3 Å². The van der Waals surface area contributed by atoms with Crippen molar-refractivity contribution in [2.45, 2.75) is 20.3 Å². The van der Waals surface area contributed by atoms with Gasteiger partial charge in [0.1, 0.15) is 0 Å². The van der Waals surface area contributed by atoms with Crippen molar-refractivity contribution in [2.24, 2.45) is 11.8 Å². The molecule has 0 radical (unpaired) electrons. The molecule has 6 nitrogen and oxygen atoms in total. The highest BCUT2D eigenvalue weighted by Gasteiger charge is 2.27. The van der Waals surface area contributed by atoms with Crippen LogP contribution in [0.15, 0.2) is 48.5 Å². The summed E-state index contributed by atoms with van der Waals surface area (Å²) >= 11 is 0. The Morgan fingerprint density at radius 2 is 1.54 bits per heavy atom. The highest BCUT2D eigenvalue weighted by molar-refractivity contribution is 5.95. The molecule has 2 rings (SSSR count). The maximum absolute atomic E-state index is 12.1. The van der Waals surface area contributed by atoms with Crippen LogP contribution in [0.4, 0.5) is 5.69 Å². The number of carbonyl (C=O) groups excluding carboxylic acids is 1. The number of nitrogens with one attached hydrogen (secondary N) is 1. The quantitative estimate of drug-likeness (QED) is 0.661. The number of carbonyl (C=O) groups is 3. The van der Waals surface area contributed by atoms with Gasteiger partial charge in [0, 0.05) is 11.6 Å². The van der Waals surface area contributed by atoms with Crippen LogP contribution in [0.3, 0.4) is 0 Å². The number of aliphatic carboxylic acids is 2. The highest BCUT2D eigenvalue weighted by Crippen LogP contribution is 2.28. The molecule has 0 unspecified atom stereocenters. The first kappa shape index (κ1) is 19.2. The molecule has 0 aromatic heterocycles. The van der Waals surface area contributed by atoms with Crippen molar-refractivity contribution in [1.82, 2.24) is 0 Å². The third kappa shape index (κ3) is 4.69. The first-order valence-corrected chi connectivity index (χ1v) is 8.24. The van der Waals surface area contributed by atoms with Crippen LogP contribution in [-0.2, 0) is 20.8 Å². The van der Waals surface area contributed by atoms with Gasteiger partial charge >= 0.3 is 11.9 Å². The number of carboxylic acid groups (broad SMARTS) is 2. The summed E-state index contributed by atoms with van der Waals surface area (Å²) in [6.45, 7) is 3.49. The molecule has 0 saturated heterocycles. The molecule has 2 aromatic rings. The van der Waals surface area contributed by atoms with Gasteiger partial charge in [0.25, 0.3) is 0 Å². The number of carboxylic acids is 2. The lowest BCUT2D eigenvalue weighted by Crippen LogP contribution is -2.26. The predicted octanol–water partition coefficient (Wildman–Crippen LogP) is 3.28. The second kappa shape index (κ2) is 8.29. The van der Waals surface area contributed by atoms with Crippen molar-refractivity contribution < 1.29 is 24.6 Å². The first-order chi connectivity index (χ1) is 12.3. The van der Waals surface area contributed by atoms with E-state index in [0.29, 0.717) is 11.3 Å². The number of anilines is 1. The molecule has 0 saturated carbocycles. The van der Waals surface area contributed by atoms with Gasteiger partial charge in [0.05, 0.1) is 0 Å². The zero-order valence-electron chi connectivity index (χ0n) is 14.6. The Kier molecular flexibility index (Phi) is 6.11. The van der Waals surface area contributed by atoms with E-state index in [1.54, 1.807) is 32.0 Å². The molecule has 0 heterocycles. The fraction of sp³-hybridized carbons (Fsp3) is 0.250. The number of rotatable bonds is 7. The molecule has 0 aliphatic heterocycles. The Balaban J connectivity index is 2.44. The van der Waals surface area contributed by atoms with Gasteiger partial charge in [-0.3, -0.25) is 14.4 Å². The van der Waals surface area contributed by atoms with Crippen molar-refractivity contribution >= 4 is 23.5 Å². The van der Waals surface area contributed by atoms with Gasteiger partial charge in [-0.05, 0) is 29.2 Å². The molecule has 0 aliphatic carbocycles. The van der Waals surface area contributed by atoms with E-state index in [1.807, 2.05) is 30.3 Å². The maximum Gasteiger partial charge on any atom is 0.318 e. The van der Waals surface area contributed by atoms with Gasteiger partial charge in [0.2, 0.25) is 5.91 Å². The van der Waals surface area contributed by atoms with E-state index in [1.165, 1.54) is 0 Å². The summed E-state index contributed by atoms with van der Waals surface area (Å²) in [7, 11) is 0. The number of hydrogen-bond donors (Lipinski definition) is 3. The first-order valence-electron chi connectivity index (χ1n) is 8.24. The van der Waals surface area contributed by atoms with Crippen LogP contribution in [-0.4, -0.2) is 28.1 Å². The van der Waals surface area contributed by atoms with E-state index in [9.17, 15) is 14.4 Å². The molecule has 6 heteroatoms. The van der Waals surface area contributed by atoms with Crippen molar-refractivity contribution in [3.8, 4) is 11.1 Å². The van der Waals surface area contributed by atoms with Crippen molar-refractivity contribution in [3.63, 3.8) is 0 Å². The summed E-state index contributed by atoms with van der Waals surface area (Å²) in [5, 5.41) is 21.0. The molecule has 0 aliphatic rings. The number of benzene rings is 2. The van der Waals surface area contributed by atoms with Crippen LogP contribution in [0.2, 0.25) is 0 Å². The maximum atomic E-state index is 12.1. The molecule has 0 spiro atoms. The van der Waals surface area contributed by atoms with Gasteiger partial charge in [-0.2, -0.15) is 0 Å². The summed E-state index contributed by atoms with van der Waals surface area (Å²) in [6, 6.07) is 14.7. The van der Waals surface area contributed by atoms with Crippen molar-refractivity contribution in [1.29, 1.82) is 0 Å². The summed E-state index contributed by atoms with van der Waals surface area (Å²) in [4.78, 5) is 34.5. The topological polar surface area (TPSA) is 104 Å². The summed E-state index contributed by atoms with van der Waals surface area (Å²) < 4.78 is 0. The largest absolute Gasteiger partial charge is 0.481 e. The Bertz CT molecular complexity index is 800. The third-order valence-corrected chi connectivity index (χ3v) is 4.02. The van der Waals surface area contributed by atoms with Crippen LogP contribution >= 0.6 is 0 Å². The smallest absolute Gasteiger partial charge is 0.318 e. The summed E-state index contributed by atoms with van der Waals surface area (Å²) in [6.07, 6.45) is -0.215. The summed E-state index contributed by atoms with van der Waals surface area (Å²) in [5.74, 6) is -4.89. The molecular formula is C20H21NO5. The van der Waals surface area contributed by atoms with E-state index < -0.39 is 17.9 Å². The van der Waals surface area contributed by atoms with Crippen molar-refractivity contribution in [2.75, 3.05) is 5.32 Å². The lowest BCUT2D eigenvalue weighted by Gasteiger charge is -2.16. The molecule has 2 aromatic carbocycles. The normalized spacial score (nSPS) is 10.8. The van der Waals surface area contributed by atoms with Crippen LogP contribution in [0.25, 0.3) is 11.1 Å². The predicted molar refractivity (Wildman–Crippen MR) is 97.8 cm³/mol. The average molecular weight is 355 g/mol. The molecule has 3 N–H and O–H groups in total. The second-order valence-corrected chi connectivity index (χ2v) is 6.32. The molecule has 0 fully saturated rings. The fourth-order valence-electron chi connectivity index (χ4n) is 2.46. The highest BCUT2D eigenvalue weighted by atomic mass is 16.4. The third-order valence-electron chi connectivity index (χ3n) is 4.02. The van der Waals surface area contributed by atoms with Gasteiger partial charge in [-0.15, -0.1) is 0 Å². The van der Waals surface area contributed by atoms with Crippen LogP contribution in [0.1, 0.15) is 19.4 Å². The van der Waals surface area contributed by atoms with Gasteiger partial charge in [-0.25, -0.2) is 0 Å². The van der Waals surface area contributed by atoms with E-state index in [2.05, 4.69) is 5.32 Å². The zero-order valence-corrected chi connectivity index (χ0v) is 14.6. The van der Waals surface area contributed by atoms with Crippen LogP contribution in [0, 0.1) is 11.8 Å². The van der Waals surface area contributed by atoms with E-state index in [0.717, 1.165) is 11.1 Å². The molecule has 26 heavy (non-hydrogen) atoms. The Morgan fingerprint density at radius 3 is 2.08 bits per heavy atom. The Hall–Kier alpha value is -3.15. The number of amides is 1. The van der Waals surface area contributed by atoms with E-state index in [-0.39, 0.29) is 18.2 Å². The molecule has 1 amide bonds. The standard InChI is InChI=1S/C20H21NO5/c1-12(2)18(22)21-17-11-14(13-6-4-3-5-7-13)8-9-15(17)10-16(19(23)24)20(25)26/h3-9,11-12,16H,10H2,1-2H3,(H,21,22)(H,23,24)(H,25,26). The molecule has 136 valence electrons. The monoisotopic (exact) mass is 355 g/mol. The fourth-order valence-corrected chi connectivity index (χ4v) is 2.46. The van der Waals surface area contributed by atoms with Crippen LogP contribution < -0.4 is 5.32 Å². The van der Waals surface area contributed by atoms with Crippen molar-refractivity contribution in [3.05, 3.63) is 54.1 Å². The minimum atomic E-state index is -1.58. The van der Waals surface area contributed by atoms with Gasteiger partial charge < -0.3 is 15.5 Å². The zero-order chi connectivity index (χ0) is 19.3. The minimum Gasteiger partial charge on any atom is -0.481 e. The average Bonchev–Trinajstić information content (AvgIpc) is 2.60. The van der Waals surface area contributed by atoms with Crippen LogP contribution in [0.5, 0.6) is 0 Å². The minimum absolute atomic E-state index is 0.215. The van der Waals surface area contributed by atoms with E-state index in [4.69, 9.17) is 10.2 Å².